The molecule has 0 amide bonds. The summed E-state index contributed by atoms with van der Waals surface area (Å²) in [6.07, 6.45) is 0. The molecule has 0 N–H and O–H groups in total. The summed E-state index contributed by atoms with van der Waals surface area (Å²) in [7, 11) is 0. The summed E-state index contributed by atoms with van der Waals surface area (Å²) in [5.41, 5.74) is 0.866. The van der Waals surface area contributed by atoms with E-state index in [1.54, 1.807) is 12.1 Å². The number of hydrogen-bond acceptors (Lipinski definition) is 0. The maximum absolute atomic E-state index is 14.1. The second kappa shape index (κ2) is 8.31. The molecule has 0 atom stereocenters. The minimum atomic E-state index is -2.14. The lowest BCUT2D eigenvalue weighted by molar-refractivity contribution is 0.627. The number of benzene rings is 4. The van der Waals surface area contributed by atoms with Gasteiger partial charge >= 0.3 is 0 Å². The molecule has 3 heteroatoms. The van der Waals surface area contributed by atoms with E-state index in [1.165, 1.54) is 22.0 Å². The van der Waals surface area contributed by atoms with E-state index < -0.39 is 6.89 Å². The van der Waals surface area contributed by atoms with Crippen molar-refractivity contribution >= 4 is 44.5 Å². The van der Waals surface area contributed by atoms with E-state index in [0.29, 0.717) is 0 Å². The molecule has 0 aliphatic carbocycles. The quantitative estimate of drug-likeness (QED) is 0.349. The SMILES string of the molecule is Fc1ccc(Br)c(C=P(c2ccccc2)(c2ccccc2)c2ccccc2)c1. The summed E-state index contributed by atoms with van der Waals surface area (Å²) in [5.74, 6) is 2.03. The highest BCUT2D eigenvalue weighted by molar-refractivity contribution is 9.10. The van der Waals surface area contributed by atoms with E-state index in [2.05, 4.69) is 94.5 Å². The van der Waals surface area contributed by atoms with Crippen LogP contribution in [0.25, 0.3) is 0 Å². The molecule has 4 aromatic carbocycles. The Morgan fingerprint density at radius 3 is 1.46 bits per heavy atom. The summed E-state index contributed by atoms with van der Waals surface area (Å²) in [4.78, 5) is 0. The number of hydrogen-bond donors (Lipinski definition) is 0. The van der Waals surface area contributed by atoms with Crippen LogP contribution in [0.5, 0.6) is 0 Å². The number of halogens is 2. The first-order chi connectivity index (χ1) is 13.7. The van der Waals surface area contributed by atoms with Crippen LogP contribution in [0, 0.1) is 5.82 Å². The highest BCUT2D eigenvalue weighted by Gasteiger charge is 2.25. The van der Waals surface area contributed by atoms with Gasteiger partial charge in [0.05, 0.1) is 0 Å². The van der Waals surface area contributed by atoms with Crippen molar-refractivity contribution in [2.75, 3.05) is 0 Å². The Balaban J connectivity index is 2.16. The molecule has 0 aromatic heterocycles. The molecule has 0 aliphatic rings. The fourth-order valence-electron chi connectivity index (χ4n) is 3.48. The van der Waals surface area contributed by atoms with Crippen molar-refractivity contribution in [1.82, 2.24) is 0 Å². The van der Waals surface area contributed by atoms with Crippen molar-refractivity contribution in [2.45, 2.75) is 0 Å². The Morgan fingerprint density at radius 1 is 0.607 bits per heavy atom. The molecule has 0 spiro atoms. The molecule has 4 rings (SSSR count). The molecule has 0 radical (unpaired) electrons. The predicted octanol–water partition coefficient (Wildman–Crippen LogP) is 5.73. The molecule has 28 heavy (non-hydrogen) atoms. The maximum atomic E-state index is 14.1. The molecule has 0 aliphatic heterocycles. The highest BCUT2D eigenvalue weighted by Crippen LogP contribution is 2.45. The minimum absolute atomic E-state index is 0.235. The van der Waals surface area contributed by atoms with Gasteiger partial charge < -0.3 is 0 Å². The first-order valence-electron chi connectivity index (χ1n) is 9.07. The van der Waals surface area contributed by atoms with Gasteiger partial charge in [-0.1, -0.05) is 107 Å². The molecule has 138 valence electrons. The van der Waals surface area contributed by atoms with Crippen LogP contribution < -0.4 is 15.9 Å². The Morgan fingerprint density at radius 2 is 1.04 bits per heavy atom. The van der Waals surface area contributed by atoms with Crippen LogP contribution in [0.4, 0.5) is 4.39 Å². The van der Waals surface area contributed by atoms with Gasteiger partial charge in [0.15, 0.2) is 0 Å². The summed E-state index contributed by atoms with van der Waals surface area (Å²) in [6, 6.07) is 36.5. The fourth-order valence-corrected chi connectivity index (χ4v) is 7.92. The van der Waals surface area contributed by atoms with Crippen molar-refractivity contribution in [3.63, 3.8) is 0 Å². The van der Waals surface area contributed by atoms with E-state index in [1.807, 2.05) is 18.2 Å². The van der Waals surface area contributed by atoms with Gasteiger partial charge in [-0.15, -0.1) is 0 Å². The van der Waals surface area contributed by atoms with Gasteiger partial charge in [0.1, 0.15) is 5.82 Å². The largest absolute Gasteiger partial charge is 0.207 e. The third-order valence-electron chi connectivity index (χ3n) is 4.78. The van der Waals surface area contributed by atoms with Crippen molar-refractivity contribution in [2.24, 2.45) is 0 Å². The van der Waals surface area contributed by atoms with Gasteiger partial charge in [-0.2, -0.15) is 0 Å². The molecule has 4 aromatic rings. The first kappa shape index (κ1) is 18.9. The van der Waals surface area contributed by atoms with Crippen LogP contribution >= 0.6 is 22.8 Å². The molecule has 0 nitrogen and oxygen atoms in total. The first-order valence-corrected chi connectivity index (χ1v) is 11.7. The molecule has 0 saturated heterocycles. The Kier molecular flexibility index (Phi) is 5.62. The van der Waals surface area contributed by atoms with Gasteiger partial charge in [-0.05, 0) is 52.4 Å². The summed E-state index contributed by atoms with van der Waals surface area (Å²) < 4.78 is 15.0. The highest BCUT2D eigenvalue weighted by atomic mass is 79.9. The molecular weight excluding hydrogens is 430 g/mol. The van der Waals surface area contributed by atoms with E-state index >= 15 is 0 Å². The topological polar surface area (TPSA) is 0 Å². The Bertz CT molecular complexity index is 1020. The molecule has 0 bridgehead atoms. The zero-order chi connectivity index (χ0) is 19.4. The molecule has 0 unspecified atom stereocenters. The fraction of sp³-hybridized carbons (Fsp3) is 0. The smallest absolute Gasteiger partial charge is 0.123 e. The maximum Gasteiger partial charge on any atom is 0.123 e. The van der Waals surface area contributed by atoms with E-state index in [0.717, 1.165) is 10.0 Å². The predicted molar refractivity (Wildman–Crippen MR) is 124 cm³/mol. The normalized spacial score (nSPS) is 11.2. The minimum Gasteiger partial charge on any atom is -0.207 e. The van der Waals surface area contributed by atoms with Crippen molar-refractivity contribution < 1.29 is 4.39 Å². The van der Waals surface area contributed by atoms with E-state index in [-0.39, 0.29) is 5.82 Å². The Labute approximate surface area is 173 Å². The lowest BCUT2D eigenvalue weighted by Crippen LogP contribution is -2.27. The lowest BCUT2D eigenvalue weighted by Gasteiger charge is -2.29. The van der Waals surface area contributed by atoms with Crippen LogP contribution in [-0.4, -0.2) is 5.80 Å². The van der Waals surface area contributed by atoms with Crippen molar-refractivity contribution in [3.8, 4) is 0 Å². The van der Waals surface area contributed by atoms with Gasteiger partial charge in [-0.25, -0.2) is 4.39 Å². The van der Waals surface area contributed by atoms with Crippen LogP contribution in [0.3, 0.4) is 0 Å². The third kappa shape index (κ3) is 3.63. The molecule has 0 heterocycles. The molecule has 0 fully saturated rings. The molecule has 0 saturated carbocycles. The van der Waals surface area contributed by atoms with Crippen LogP contribution in [-0.2, 0) is 0 Å². The van der Waals surface area contributed by atoms with Gasteiger partial charge in [0, 0.05) is 4.47 Å². The van der Waals surface area contributed by atoms with Crippen LogP contribution in [0.15, 0.2) is 114 Å². The van der Waals surface area contributed by atoms with Gasteiger partial charge in [0.25, 0.3) is 0 Å². The van der Waals surface area contributed by atoms with Crippen LogP contribution in [0.2, 0.25) is 0 Å². The van der Waals surface area contributed by atoms with Gasteiger partial charge in [0.2, 0.25) is 0 Å². The standard InChI is InChI=1S/C25H19BrFP/c26-25-17-16-21(27)18-20(25)19-28(22-10-4-1-5-11-22,23-12-6-2-7-13-23)24-14-8-3-9-15-24/h1-19H. The zero-order valence-corrected chi connectivity index (χ0v) is 17.7. The average molecular weight is 449 g/mol. The third-order valence-corrected chi connectivity index (χ3v) is 9.51. The summed E-state index contributed by atoms with van der Waals surface area (Å²) in [5, 5.41) is 3.72. The summed E-state index contributed by atoms with van der Waals surface area (Å²) in [6.45, 7) is -2.14. The van der Waals surface area contributed by atoms with E-state index in [9.17, 15) is 4.39 Å². The Hall–Kier alpha value is -2.41. The second-order valence-corrected chi connectivity index (χ2v) is 10.6. The van der Waals surface area contributed by atoms with Crippen molar-refractivity contribution in [3.05, 3.63) is 125 Å². The van der Waals surface area contributed by atoms with E-state index in [4.69, 9.17) is 0 Å². The average Bonchev–Trinajstić information content (AvgIpc) is 2.76. The zero-order valence-electron chi connectivity index (χ0n) is 15.2. The second-order valence-electron chi connectivity index (χ2n) is 6.52. The lowest BCUT2D eigenvalue weighted by atomic mass is 10.2. The number of rotatable bonds is 4. The summed E-state index contributed by atoms with van der Waals surface area (Å²) >= 11 is 3.62. The molecular formula is C25H19BrFP. The van der Waals surface area contributed by atoms with Crippen molar-refractivity contribution in [1.29, 1.82) is 0 Å². The van der Waals surface area contributed by atoms with Gasteiger partial charge in [-0.3, -0.25) is 0 Å². The monoisotopic (exact) mass is 448 g/mol. The van der Waals surface area contributed by atoms with Crippen LogP contribution in [0.1, 0.15) is 5.56 Å².